The van der Waals surface area contributed by atoms with Gasteiger partial charge in [-0.05, 0) is 30.7 Å². The zero-order valence-electron chi connectivity index (χ0n) is 16.7. The van der Waals surface area contributed by atoms with Gasteiger partial charge in [-0.2, -0.15) is 0 Å². The topological polar surface area (TPSA) is 193 Å². The molecule has 2 unspecified atom stereocenters. The maximum atomic E-state index is 12.5. The van der Waals surface area contributed by atoms with E-state index in [1.807, 2.05) is 0 Å². The standard InChI is InChI=1S/C17H18N4O8S4/c18-20-16(32(26,27)14-8-3-1-4-9-14)30(22,23)12-7-13-31(24,25)17(21-19)33(28,29)15-10-5-2-6-11-15/h1-6,8-11,16-17H,7,12-13H2/q+2. The van der Waals surface area contributed by atoms with Crippen molar-refractivity contribution in [1.29, 1.82) is 10.8 Å². The molecule has 0 amide bonds. The zero-order chi connectivity index (χ0) is 24.9. The molecule has 16 heteroatoms. The molecule has 0 aliphatic heterocycles. The van der Waals surface area contributed by atoms with E-state index in [0.717, 1.165) is 24.3 Å². The van der Waals surface area contributed by atoms with Crippen LogP contribution in [0.4, 0.5) is 0 Å². The third kappa shape index (κ3) is 5.72. The highest BCUT2D eigenvalue weighted by Gasteiger charge is 2.52. The first kappa shape index (κ1) is 26.3. The Labute approximate surface area is 191 Å². The molecule has 0 saturated carbocycles. The molecule has 2 aromatic rings. The van der Waals surface area contributed by atoms with Crippen molar-refractivity contribution >= 4 is 39.3 Å². The van der Waals surface area contributed by atoms with Gasteiger partial charge in [0.05, 0.1) is 21.3 Å². The number of nitrogens with zero attached hydrogens (tertiary/aromatic N) is 4. The number of hydrogen-bond donors (Lipinski definition) is 0. The van der Waals surface area contributed by atoms with Crippen LogP contribution in [0.1, 0.15) is 6.42 Å². The number of rotatable bonds is 10. The van der Waals surface area contributed by atoms with Crippen LogP contribution in [0.3, 0.4) is 0 Å². The molecule has 0 spiro atoms. The molecular weight excluding hydrogens is 516 g/mol. The predicted molar refractivity (Wildman–Crippen MR) is 117 cm³/mol. The Morgan fingerprint density at radius 3 is 1.15 bits per heavy atom. The summed E-state index contributed by atoms with van der Waals surface area (Å²) in [6, 6.07) is 12.6. The van der Waals surface area contributed by atoms with E-state index in [4.69, 9.17) is 10.8 Å². The zero-order valence-corrected chi connectivity index (χ0v) is 20.0. The van der Waals surface area contributed by atoms with E-state index in [1.54, 1.807) is 0 Å². The quantitative estimate of drug-likeness (QED) is 0.402. The summed E-state index contributed by atoms with van der Waals surface area (Å²) in [7, 11) is -18.8. The van der Waals surface area contributed by atoms with Crippen molar-refractivity contribution < 1.29 is 33.7 Å². The van der Waals surface area contributed by atoms with E-state index in [1.165, 1.54) is 36.4 Å². The fraction of sp³-hybridized carbons (Fsp3) is 0.294. The summed E-state index contributed by atoms with van der Waals surface area (Å²) in [6.07, 6.45) is -0.753. The summed E-state index contributed by atoms with van der Waals surface area (Å²) in [5, 5.41) is 18.2. The lowest BCUT2D eigenvalue weighted by Crippen LogP contribution is -2.32. The first-order valence-electron chi connectivity index (χ1n) is 9.00. The van der Waals surface area contributed by atoms with Gasteiger partial charge in [-0.1, -0.05) is 36.4 Å². The molecule has 0 aliphatic rings. The molecule has 0 N–H and O–H groups in total. The lowest BCUT2D eigenvalue weighted by atomic mass is 10.4. The summed E-state index contributed by atoms with van der Waals surface area (Å²) in [5.74, 6) is -2.15. The molecule has 2 rings (SSSR count). The van der Waals surface area contributed by atoms with Crippen LogP contribution in [0, 0.1) is 10.8 Å². The molecule has 2 atom stereocenters. The molecule has 2 aromatic carbocycles. The maximum Gasteiger partial charge on any atom is 0.510 e. The average Bonchev–Trinajstić information content (AvgIpc) is 2.74. The molecule has 0 aromatic heterocycles. The fourth-order valence-electron chi connectivity index (χ4n) is 2.77. The number of benzene rings is 2. The van der Waals surface area contributed by atoms with Gasteiger partial charge in [0, 0.05) is 0 Å². The highest BCUT2D eigenvalue weighted by Crippen LogP contribution is 2.24. The van der Waals surface area contributed by atoms with Crippen molar-refractivity contribution in [3.05, 3.63) is 70.6 Å². The van der Waals surface area contributed by atoms with Crippen molar-refractivity contribution in [1.82, 2.24) is 0 Å². The third-order valence-corrected chi connectivity index (χ3v) is 13.9. The van der Waals surface area contributed by atoms with Crippen LogP contribution in [-0.2, 0) is 39.3 Å². The molecule has 0 bridgehead atoms. The summed E-state index contributed by atoms with van der Waals surface area (Å²) in [6.45, 7) is 0. The van der Waals surface area contributed by atoms with Gasteiger partial charge in [0.15, 0.2) is 9.95 Å². The Morgan fingerprint density at radius 2 is 0.879 bits per heavy atom. The van der Waals surface area contributed by atoms with Gasteiger partial charge in [-0.25, -0.2) is 33.7 Å². The van der Waals surface area contributed by atoms with E-state index in [0.29, 0.717) is 0 Å². The van der Waals surface area contributed by atoms with Crippen LogP contribution in [0.2, 0.25) is 0 Å². The molecule has 0 fully saturated rings. The van der Waals surface area contributed by atoms with E-state index >= 15 is 0 Å². The lowest BCUT2D eigenvalue weighted by molar-refractivity contribution is 0.579. The molecule has 0 radical (unpaired) electrons. The second-order valence-electron chi connectivity index (χ2n) is 6.65. The highest BCUT2D eigenvalue weighted by molar-refractivity contribution is 8.10. The van der Waals surface area contributed by atoms with Crippen molar-refractivity contribution in [2.24, 2.45) is 0 Å². The normalized spacial score (nSPS) is 14.5. The Hall–Kier alpha value is -2.92. The second-order valence-corrected chi connectivity index (χ2v) is 15.6. The van der Waals surface area contributed by atoms with Crippen LogP contribution < -0.4 is 0 Å². The van der Waals surface area contributed by atoms with Gasteiger partial charge in [-0.15, -0.1) is 0 Å². The molecular formula is C17H18N4O8S4+2. The monoisotopic (exact) mass is 534 g/mol. The number of sulfone groups is 4. The minimum atomic E-state index is -4.73. The van der Waals surface area contributed by atoms with Crippen LogP contribution in [0.15, 0.2) is 70.5 Å². The molecule has 12 nitrogen and oxygen atoms in total. The molecule has 176 valence electrons. The first-order valence-corrected chi connectivity index (χ1v) is 15.5. The molecule has 0 heterocycles. The van der Waals surface area contributed by atoms with Gasteiger partial charge in [-0.3, -0.25) is 0 Å². The van der Waals surface area contributed by atoms with Crippen LogP contribution in [0.5, 0.6) is 0 Å². The van der Waals surface area contributed by atoms with Gasteiger partial charge in [0.1, 0.15) is 0 Å². The minimum absolute atomic E-state index is 0.433. The molecule has 33 heavy (non-hydrogen) atoms. The maximum absolute atomic E-state index is 12.5. The van der Waals surface area contributed by atoms with Crippen molar-refractivity contribution in [2.45, 2.75) is 25.6 Å². The van der Waals surface area contributed by atoms with Crippen molar-refractivity contribution in [3.63, 3.8) is 0 Å². The molecule has 0 saturated heterocycles. The minimum Gasteiger partial charge on any atom is -0.219 e. The van der Waals surface area contributed by atoms with Crippen LogP contribution in [-0.4, -0.2) is 54.6 Å². The Kier molecular flexibility index (Phi) is 7.91. The number of diazo groups is 2. The van der Waals surface area contributed by atoms with Crippen molar-refractivity contribution in [2.75, 3.05) is 11.5 Å². The van der Waals surface area contributed by atoms with Gasteiger partial charge >= 0.3 is 9.41 Å². The largest absolute Gasteiger partial charge is 0.510 e. The molecule has 0 aliphatic carbocycles. The SMILES string of the molecule is N#[N+]C(S(=O)(=O)CCCS(=O)(=O)C([N+]#N)S(=O)(=O)c1ccccc1)S(=O)(=O)c1ccccc1. The first-order chi connectivity index (χ1) is 15.3. The fourth-order valence-corrected chi connectivity index (χ4v) is 10.9. The third-order valence-electron chi connectivity index (χ3n) is 4.34. The summed E-state index contributed by atoms with van der Waals surface area (Å²) in [5.41, 5.74) is 0. The van der Waals surface area contributed by atoms with Gasteiger partial charge in [0.2, 0.25) is 30.5 Å². The van der Waals surface area contributed by atoms with Gasteiger partial charge in [0.25, 0.3) is 19.7 Å². The Balaban J connectivity index is 2.23. The van der Waals surface area contributed by atoms with Crippen molar-refractivity contribution in [3.8, 4) is 0 Å². The smallest absolute Gasteiger partial charge is 0.219 e. The van der Waals surface area contributed by atoms with E-state index in [9.17, 15) is 33.7 Å². The Morgan fingerprint density at radius 1 is 0.576 bits per heavy atom. The number of hydrogen-bond acceptors (Lipinski definition) is 10. The van der Waals surface area contributed by atoms with E-state index < -0.39 is 76.5 Å². The van der Waals surface area contributed by atoms with Crippen LogP contribution in [0.25, 0.3) is 9.95 Å². The predicted octanol–water partition coefficient (Wildman–Crippen LogP) is 1.43. The Bertz CT molecular complexity index is 1390. The van der Waals surface area contributed by atoms with Gasteiger partial charge < -0.3 is 0 Å². The lowest BCUT2D eigenvalue weighted by Gasteiger charge is -2.06. The summed E-state index contributed by atoms with van der Waals surface area (Å²) >= 11 is 0. The van der Waals surface area contributed by atoms with Crippen LogP contribution >= 0.6 is 0 Å². The van der Waals surface area contributed by atoms with E-state index in [2.05, 4.69) is 9.95 Å². The second kappa shape index (κ2) is 9.92. The average molecular weight is 535 g/mol. The summed E-state index contributed by atoms with van der Waals surface area (Å²) < 4.78 is 94.9. The van der Waals surface area contributed by atoms with E-state index in [-0.39, 0.29) is 0 Å². The summed E-state index contributed by atoms with van der Waals surface area (Å²) in [4.78, 5) is 4.08. The highest BCUT2D eigenvalue weighted by atomic mass is 32.3.